The second-order valence-electron chi connectivity index (χ2n) is 9.32. The Kier molecular flexibility index (Phi) is 5.16. The minimum Gasteiger partial charge on any atom is -0.456 e. The second kappa shape index (κ2) is 8.52. The third-order valence-electron chi connectivity index (χ3n) is 6.99. The van der Waals surface area contributed by atoms with Gasteiger partial charge in [-0.2, -0.15) is 0 Å². The Bertz CT molecular complexity index is 1800. The second-order valence-corrected chi connectivity index (χ2v) is 9.32. The molecular formula is C33H25N2O+. The monoisotopic (exact) mass is 465 g/mol. The van der Waals surface area contributed by atoms with E-state index in [1.165, 1.54) is 16.7 Å². The number of fused-ring (bicyclic) bond motifs is 3. The lowest BCUT2D eigenvalue weighted by Gasteiger charge is -2.07. The van der Waals surface area contributed by atoms with Crippen LogP contribution in [0.4, 0.5) is 5.69 Å². The molecule has 2 heterocycles. The summed E-state index contributed by atoms with van der Waals surface area (Å²) < 4.78 is 8.78. The molecule has 0 atom stereocenters. The number of aromatic nitrogens is 1. The highest BCUT2D eigenvalue weighted by Crippen LogP contribution is 2.44. The lowest BCUT2D eigenvalue weighted by atomic mass is 9.97. The third-order valence-corrected chi connectivity index (χ3v) is 6.99. The minimum absolute atomic E-state index is 0.607. The van der Waals surface area contributed by atoms with E-state index >= 15 is 0 Å². The summed E-state index contributed by atoms with van der Waals surface area (Å²) >= 11 is 0. The summed E-state index contributed by atoms with van der Waals surface area (Å²) in [5.41, 5.74) is 11.1. The maximum Gasteiger partial charge on any atom is 0.216 e. The molecule has 0 saturated heterocycles. The van der Waals surface area contributed by atoms with Gasteiger partial charge in [-0.15, -0.1) is 0 Å². The topological polar surface area (TPSA) is 21.4 Å². The van der Waals surface area contributed by atoms with Crippen LogP contribution in [0.1, 0.15) is 11.1 Å². The van der Waals surface area contributed by atoms with E-state index in [1.54, 1.807) is 0 Å². The fourth-order valence-corrected chi connectivity index (χ4v) is 5.03. The zero-order chi connectivity index (χ0) is 24.8. The number of hydrogen-bond donors (Lipinski definition) is 0. The normalized spacial score (nSPS) is 11.2. The van der Waals surface area contributed by atoms with E-state index in [4.69, 9.17) is 11.0 Å². The van der Waals surface area contributed by atoms with Crippen molar-refractivity contribution in [2.45, 2.75) is 13.8 Å². The number of furan rings is 1. The van der Waals surface area contributed by atoms with Gasteiger partial charge in [0, 0.05) is 28.5 Å². The number of nitrogens with zero attached hydrogens (tertiary/aromatic N) is 2. The average molecular weight is 466 g/mol. The number of aryl methyl sites for hydroxylation is 3. The standard InChI is InChI=1S/C33H25N2O/c1-21-8-11-23(12-9-21)24-13-15-25(16-14-24)26-18-19-28(34-3)31-27-17-10-22(2)30(33(27)36-32(26)31)29-7-5-6-20-35(29)4/h5-20H,1-2,4H3/q+1. The molecule has 0 spiro atoms. The van der Waals surface area contributed by atoms with Crippen LogP contribution in [0.3, 0.4) is 0 Å². The van der Waals surface area contributed by atoms with Gasteiger partial charge in [0.25, 0.3) is 0 Å². The van der Waals surface area contributed by atoms with E-state index in [0.29, 0.717) is 5.69 Å². The minimum atomic E-state index is 0.607. The van der Waals surface area contributed by atoms with E-state index in [9.17, 15) is 0 Å². The molecule has 172 valence electrons. The van der Waals surface area contributed by atoms with Crippen LogP contribution < -0.4 is 4.57 Å². The van der Waals surface area contributed by atoms with Crippen LogP contribution >= 0.6 is 0 Å². The summed E-state index contributed by atoms with van der Waals surface area (Å²) in [5.74, 6) is 0. The van der Waals surface area contributed by atoms with E-state index in [1.807, 2.05) is 37.5 Å². The number of pyridine rings is 1. The van der Waals surface area contributed by atoms with Gasteiger partial charge in [0.15, 0.2) is 11.9 Å². The maximum atomic E-state index is 7.83. The van der Waals surface area contributed by atoms with Crippen molar-refractivity contribution in [2.24, 2.45) is 7.05 Å². The highest BCUT2D eigenvalue weighted by atomic mass is 16.3. The largest absolute Gasteiger partial charge is 0.456 e. The van der Waals surface area contributed by atoms with Crippen LogP contribution in [0.2, 0.25) is 0 Å². The molecule has 0 aliphatic rings. The lowest BCUT2D eigenvalue weighted by Crippen LogP contribution is -2.30. The van der Waals surface area contributed by atoms with E-state index in [2.05, 4.69) is 90.0 Å². The van der Waals surface area contributed by atoms with E-state index in [0.717, 1.165) is 49.9 Å². The summed E-state index contributed by atoms with van der Waals surface area (Å²) in [6.45, 7) is 12.0. The van der Waals surface area contributed by atoms with Crippen LogP contribution in [-0.4, -0.2) is 0 Å². The first-order valence-electron chi connectivity index (χ1n) is 12.0. The Labute approximate surface area is 210 Å². The average Bonchev–Trinajstić information content (AvgIpc) is 3.29. The van der Waals surface area contributed by atoms with Crippen molar-refractivity contribution >= 4 is 27.6 Å². The Morgan fingerprint density at radius 2 is 1.42 bits per heavy atom. The first-order valence-corrected chi connectivity index (χ1v) is 12.0. The fraction of sp³-hybridized carbons (Fsp3) is 0.0909. The molecule has 0 radical (unpaired) electrons. The van der Waals surface area contributed by atoms with Gasteiger partial charge in [0.05, 0.1) is 12.1 Å². The molecule has 0 aliphatic heterocycles. The summed E-state index contributed by atoms with van der Waals surface area (Å²) in [6.07, 6.45) is 2.04. The van der Waals surface area contributed by atoms with Gasteiger partial charge in [-0.25, -0.2) is 9.41 Å². The molecule has 2 aromatic heterocycles. The van der Waals surface area contributed by atoms with Gasteiger partial charge in [-0.1, -0.05) is 78.4 Å². The summed E-state index contributed by atoms with van der Waals surface area (Å²) in [5, 5.41) is 1.85. The summed E-state index contributed by atoms with van der Waals surface area (Å²) in [4.78, 5) is 3.84. The Morgan fingerprint density at radius 1 is 0.722 bits per heavy atom. The van der Waals surface area contributed by atoms with Gasteiger partial charge in [-0.3, -0.25) is 0 Å². The molecule has 0 saturated carbocycles. The molecule has 0 amide bonds. The fourth-order valence-electron chi connectivity index (χ4n) is 5.03. The predicted molar refractivity (Wildman–Crippen MR) is 147 cm³/mol. The number of benzene rings is 4. The van der Waals surface area contributed by atoms with Crippen molar-refractivity contribution < 1.29 is 8.98 Å². The van der Waals surface area contributed by atoms with Crippen molar-refractivity contribution in [1.29, 1.82) is 0 Å². The predicted octanol–water partition coefficient (Wildman–Crippen LogP) is 8.58. The summed E-state index contributed by atoms with van der Waals surface area (Å²) in [7, 11) is 2.04. The van der Waals surface area contributed by atoms with Crippen LogP contribution in [0.25, 0.3) is 60.3 Å². The highest BCUT2D eigenvalue weighted by Gasteiger charge is 2.23. The molecule has 3 nitrogen and oxygen atoms in total. The third kappa shape index (κ3) is 3.47. The quantitative estimate of drug-likeness (QED) is 0.189. The van der Waals surface area contributed by atoms with Crippen molar-refractivity contribution in [2.75, 3.05) is 0 Å². The molecular weight excluding hydrogens is 440 g/mol. The van der Waals surface area contributed by atoms with Gasteiger partial charge in [0.2, 0.25) is 5.69 Å². The molecule has 0 fully saturated rings. The molecule has 0 aliphatic carbocycles. The zero-order valence-corrected chi connectivity index (χ0v) is 20.5. The number of hydrogen-bond acceptors (Lipinski definition) is 1. The van der Waals surface area contributed by atoms with Crippen molar-refractivity contribution in [3.05, 3.63) is 120 Å². The SMILES string of the molecule is [C-]#[N+]c1ccc(-c2ccc(-c3ccc(C)cc3)cc2)c2oc3c(-c4cccc[n+]4C)c(C)ccc3c12. The van der Waals surface area contributed by atoms with E-state index in [-0.39, 0.29) is 0 Å². The molecule has 4 aromatic carbocycles. The van der Waals surface area contributed by atoms with Crippen molar-refractivity contribution in [1.82, 2.24) is 0 Å². The molecule has 0 N–H and O–H groups in total. The summed E-state index contributed by atoms with van der Waals surface area (Å²) in [6, 6.07) is 31.4. The first kappa shape index (κ1) is 21.8. The van der Waals surface area contributed by atoms with E-state index < -0.39 is 0 Å². The Morgan fingerprint density at radius 3 is 2.11 bits per heavy atom. The van der Waals surface area contributed by atoms with Crippen LogP contribution in [0.5, 0.6) is 0 Å². The Balaban J connectivity index is 1.58. The van der Waals surface area contributed by atoms with Gasteiger partial charge in [0.1, 0.15) is 18.2 Å². The highest BCUT2D eigenvalue weighted by molar-refractivity contribution is 6.18. The van der Waals surface area contributed by atoms with Gasteiger partial charge < -0.3 is 4.42 Å². The Hall–Kier alpha value is -4.68. The van der Waals surface area contributed by atoms with Gasteiger partial charge >= 0.3 is 0 Å². The molecule has 6 aromatic rings. The lowest BCUT2D eigenvalue weighted by molar-refractivity contribution is -0.660. The first-order chi connectivity index (χ1) is 17.5. The zero-order valence-electron chi connectivity index (χ0n) is 20.5. The molecule has 6 rings (SSSR count). The van der Waals surface area contributed by atoms with Crippen LogP contribution in [-0.2, 0) is 7.05 Å². The smallest absolute Gasteiger partial charge is 0.216 e. The maximum absolute atomic E-state index is 7.83. The van der Waals surface area contributed by atoms with Crippen molar-refractivity contribution in [3.8, 4) is 33.5 Å². The van der Waals surface area contributed by atoms with Gasteiger partial charge in [-0.05, 0) is 42.2 Å². The molecule has 0 bridgehead atoms. The number of rotatable bonds is 3. The van der Waals surface area contributed by atoms with Crippen molar-refractivity contribution in [3.63, 3.8) is 0 Å². The van der Waals surface area contributed by atoms with Crippen LogP contribution in [0.15, 0.2) is 102 Å². The molecule has 36 heavy (non-hydrogen) atoms. The molecule has 0 unspecified atom stereocenters. The van der Waals surface area contributed by atoms with Crippen LogP contribution in [0, 0.1) is 20.4 Å². The molecule has 3 heteroatoms.